The van der Waals surface area contributed by atoms with Gasteiger partial charge in [0.05, 0.1) is 15.6 Å². The van der Waals surface area contributed by atoms with Crippen molar-refractivity contribution in [3.8, 4) is 5.69 Å². The van der Waals surface area contributed by atoms with Crippen molar-refractivity contribution in [1.29, 1.82) is 0 Å². The van der Waals surface area contributed by atoms with Crippen LogP contribution in [0.15, 0.2) is 28.4 Å². The molecule has 2 aromatic rings. The number of aromatic nitrogens is 1. The molecule has 0 saturated heterocycles. The smallest absolute Gasteiger partial charge is 0.304 e. The van der Waals surface area contributed by atoms with Crippen molar-refractivity contribution < 1.29 is 4.55 Å². The number of aryl methyl sites for hydroxylation is 1. The molecule has 0 spiro atoms. The molecule has 1 heterocycles. The minimum Gasteiger partial charge on any atom is -0.570 e. The molecular formula is C10H7Cl2NO2S. The lowest BCUT2D eigenvalue weighted by Crippen LogP contribution is -2.13. The maximum Gasteiger partial charge on any atom is 0.304 e. The van der Waals surface area contributed by atoms with Crippen LogP contribution >= 0.6 is 34.1 Å². The Kier molecular flexibility index (Phi) is 3.08. The van der Waals surface area contributed by atoms with E-state index >= 15 is 0 Å². The normalized spacial score (nSPS) is 11.9. The van der Waals surface area contributed by atoms with Crippen molar-refractivity contribution in [3.63, 3.8) is 0 Å². The highest BCUT2D eigenvalue weighted by atomic mass is 35.5. The number of benzene rings is 1. The summed E-state index contributed by atoms with van der Waals surface area (Å²) in [4.78, 5) is 11.7. The van der Waals surface area contributed by atoms with Gasteiger partial charge in [0.15, 0.2) is 5.38 Å². The van der Waals surface area contributed by atoms with E-state index in [1.165, 1.54) is 15.4 Å². The second kappa shape index (κ2) is 4.22. The van der Waals surface area contributed by atoms with E-state index in [0.29, 0.717) is 21.3 Å². The van der Waals surface area contributed by atoms with Gasteiger partial charge in [-0.2, -0.15) is 0 Å². The largest absolute Gasteiger partial charge is 0.570 e. The Hall–Kier alpha value is -0.810. The topological polar surface area (TPSA) is 45.1 Å². The Balaban J connectivity index is 2.68. The van der Waals surface area contributed by atoms with Gasteiger partial charge in [0, 0.05) is 10.9 Å². The zero-order valence-corrected chi connectivity index (χ0v) is 10.6. The maximum absolute atomic E-state index is 11.7. The molecule has 1 aromatic carbocycles. The summed E-state index contributed by atoms with van der Waals surface area (Å²) in [6.45, 7) is 1.62. The highest BCUT2D eigenvalue weighted by Crippen LogP contribution is 2.26. The molecule has 0 aliphatic rings. The predicted molar refractivity (Wildman–Crippen MR) is 65.5 cm³/mol. The monoisotopic (exact) mass is 275 g/mol. The fourth-order valence-electron chi connectivity index (χ4n) is 1.33. The Morgan fingerprint density at radius 3 is 2.50 bits per heavy atom. The van der Waals surface area contributed by atoms with Crippen LogP contribution in [0.3, 0.4) is 0 Å². The first-order valence-corrected chi connectivity index (χ1v) is 6.32. The molecule has 0 N–H and O–H groups in total. The van der Waals surface area contributed by atoms with E-state index in [1.807, 2.05) is 0 Å². The summed E-state index contributed by atoms with van der Waals surface area (Å²) >= 11 is 11.6. The Bertz CT molecular complexity index is 603. The highest BCUT2D eigenvalue weighted by molar-refractivity contribution is 7.18. The summed E-state index contributed by atoms with van der Waals surface area (Å²) in [5.74, 6) is 0. The Labute approximate surface area is 105 Å². The van der Waals surface area contributed by atoms with Gasteiger partial charge in [-0.3, -0.25) is 4.79 Å². The van der Waals surface area contributed by atoms with Crippen molar-refractivity contribution in [3.05, 3.63) is 49.5 Å². The standard InChI is InChI=1S/C10H7Cl2NO2S/c1-6-5-16(15)13(10(6)14)7-2-3-8(11)9(12)4-7/h2-5H,1H3. The fourth-order valence-corrected chi connectivity index (χ4v) is 2.76. The van der Waals surface area contributed by atoms with Gasteiger partial charge in [-0.15, -0.1) is 3.96 Å². The molecule has 2 rings (SSSR count). The van der Waals surface area contributed by atoms with Crippen LogP contribution in [-0.2, 0) is 0 Å². The summed E-state index contributed by atoms with van der Waals surface area (Å²) in [6.07, 6.45) is 0. The van der Waals surface area contributed by atoms with Crippen LogP contribution in [0.2, 0.25) is 10.0 Å². The lowest BCUT2D eigenvalue weighted by molar-refractivity contribution is 0.585. The fraction of sp³-hybridized carbons (Fsp3) is 0.100. The Morgan fingerprint density at radius 1 is 1.31 bits per heavy atom. The van der Waals surface area contributed by atoms with E-state index in [1.54, 1.807) is 19.1 Å². The van der Waals surface area contributed by atoms with Gasteiger partial charge < -0.3 is 4.55 Å². The molecule has 0 aliphatic carbocycles. The van der Waals surface area contributed by atoms with E-state index in [2.05, 4.69) is 0 Å². The highest BCUT2D eigenvalue weighted by Gasteiger charge is 2.15. The van der Waals surface area contributed by atoms with Crippen molar-refractivity contribution in [2.75, 3.05) is 0 Å². The van der Waals surface area contributed by atoms with Gasteiger partial charge in [0.2, 0.25) is 0 Å². The molecule has 0 radical (unpaired) electrons. The molecular weight excluding hydrogens is 269 g/mol. The van der Waals surface area contributed by atoms with Crippen molar-refractivity contribution in [1.82, 2.24) is 3.96 Å². The first-order chi connectivity index (χ1) is 7.50. The number of nitrogens with zero attached hydrogens (tertiary/aromatic N) is 1. The zero-order chi connectivity index (χ0) is 11.9. The van der Waals surface area contributed by atoms with Crippen LogP contribution < -0.4 is 5.56 Å². The minimum atomic E-state index is -1.47. The van der Waals surface area contributed by atoms with Crippen LogP contribution in [0.5, 0.6) is 0 Å². The molecule has 1 unspecified atom stereocenters. The quantitative estimate of drug-likeness (QED) is 0.751. The van der Waals surface area contributed by atoms with Crippen LogP contribution in [0.4, 0.5) is 0 Å². The summed E-state index contributed by atoms with van der Waals surface area (Å²) in [5.41, 5.74) is 0.659. The first-order valence-electron chi connectivity index (χ1n) is 4.39. The zero-order valence-electron chi connectivity index (χ0n) is 8.24. The maximum atomic E-state index is 11.7. The molecule has 6 heteroatoms. The van der Waals surface area contributed by atoms with Gasteiger partial charge in [-0.1, -0.05) is 23.2 Å². The number of hydrogen-bond acceptors (Lipinski definition) is 2. The van der Waals surface area contributed by atoms with Crippen LogP contribution in [0, 0.1) is 6.92 Å². The van der Waals surface area contributed by atoms with E-state index in [-0.39, 0.29) is 5.56 Å². The van der Waals surface area contributed by atoms with E-state index < -0.39 is 10.9 Å². The summed E-state index contributed by atoms with van der Waals surface area (Å²) in [6, 6.07) is 4.69. The minimum absolute atomic E-state index is 0.281. The van der Waals surface area contributed by atoms with Crippen molar-refractivity contribution in [2.24, 2.45) is 0 Å². The molecule has 0 saturated carbocycles. The third-order valence-corrected chi connectivity index (χ3v) is 4.15. The summed E-state index contributed by atoms with van der Waals surface area (Å²) in [5, 5.41) is 2.13. The average molecular weight is 276 g/mol. The lowest BCUT2D eigenvalue weighted by atomic mass is 10.3. The van der Waals surface area contributed by atoms with E-state index in [9.17, 15) is 9.35 Å². The summed E-state index contributed by atoms with van der Waals surface area (Å²) < 4.78 is 12.8. The number of rotatable bonds is 1. The first kappa shape index (κ1) is 11.7. The molecule has 16 heavy (non-hydrogen) atoms. The predicted octanol–water partition coefficient (Wildman–Crippen LogP) is 3.18. The summed E-state index contributed by atoms with van der Waals surface area (Å²) in [7, 11) is -1.47. The third kappa shape index (κ3) is 1.89. The van der Waals surface area contributed by atoms with Gasteiger partial charge in [0.25, 0.3) is 0 Å². The molecule has 3 nitrogen and oxygen atoms in total. The molecule has 1 atom stereocenters. The lowest BCUT2D eigenvalue weighted by Gasteiger charge is -2.02. The van der Waals surface area contributed by atoms with Gasteiger partial charge >= 0.3 is 5.56 Å². The van der Waals surface area contributed by atoms with Crippen LogP contribution in [0.25, 0.3) is 5.69 Å². The van der Waals surface area contributed by atoms with Crippen molar-refractivity contribution >= 4 is 34.1 Å². The molecule has 0 bridgehead atoms. The van der Waals surface area contributed by atoms with Crippen molar-refractivity contribution in [2.45, 2.75) is 6.92 Å². The van der Waals surface area contributed by atoms with Crippen LogP contribution in [0.1, 0.15) is 5.56 Å². The van der Waals surface area contributed by atoms with E-state index in [4.69, 9.17) is 23.2 Å². The second-order valence-corrected chi connectivity index (χ2v) is 5.24. The number of hydrogen-bond donors (Lipinski definition) is 0. The van der Waals surface area contributed by atoms with Crippen LogP contribution in [-0.4, -0.2) is 8.51 Å². The molecule has 1 aromatic heterocycles. The Morgan fingerprint density at radius 2 is 2.00 bits per heavy atom. The third-order valence-electron chi connectivity index (χ3n) is 2.12. The molecule has 0 aliphatic heterocycles. The average Bonchev–Trinajstić information content (AvgIpc) is 2.47. The van der Waals surface area contributed by atoms with Gasteiger partial charge in [-0.05, 0) is 25.1 Å². The molecule has 84 valence electrons. The molecule has 0 fully saturated rings. The van der Waals surface area contributed by atoms with Gasteiger partial charge in [0.1, 0.15) is 5.69 Å². The second-order valence-electron chi connectivity index (χ2n) is 3.27. The van der Waals surface area contributed by atoms with E-state index in [0.717, 1.165) is 0 Å². The SMILES string of the molecule is Cc1c[s+]([O-])n(-c2ccc(Cl)c(Cl)c2)c1=O. The number of halogens is 2. The van der Waals surface area contributed by atoms with Gasteiger partial charge in [-0.25, -0.2) is 0 Å². The molecule has 0 amide bonds.